The summed E-state index contributed by atoms with van der Waals surface area (Å²) in [4.78, 5) is 10.7. The van der Waals surface area contributed by atoms with Gasteiger partial charge in [0.2, 0.25) is 0 Å². The largest absolute Gasteiger partial charge is 0.339 e. The Morgan fingerprint density at radius 1 is 1.43 bits per heavy atom. The van der Waals surface area contributed by atoms with Crippen molar-refractivity contribution < 1.29 is 4.79 Å². The fraction of sp³-hybridized carbons (Fsp3) is 0.273. The molecule has 1 N–H and O–H groups in total. The van der Waals surface area contributed by atoms with E-state index in [4.69, 9.17) is 5.26 Å². The Bertz CT molecular complexity index is 391. The minimum Gasteiger partial charge on any atom is -0.339 e. The van der Waals surface area contributed by atoms with E-state index in [1.54, 1.807) is 0 Å². The van der Waals surface area contributed by atoms with E-state index in [2.05, 4.69) is 5.32 Å². The van der Waals surface area contributed by atoms with Gasteiger partial charge < -0.3 is 5.32 Å². The van der Waals surface area contributed by atoms with E-state index in [0.29, 0.717) is 6.54 Å². The zero-order chi connectivity index (χ0) is 10.6. The number of amides is 1. The first kappa shape index (κ1) is 10.3. The minimum absolute atomic E-state index is 0.410. The smallest absolute Gasteiger partial charge is 0.322 e. The summed E-state index contributed by atoms with van der Waals surface area (Å²) in [5, 5.41) is 10.7. The maximum Gasteiger partial charge on any atom is 0.322 e. The van der Waals surface area contributed by atoms with Crippen LogP contribution in [0.5, 0.6) is 0 Å². The molecule has 0 bridgehead atoms. The molecule has 0 unspecified atom stereocenters. The predicted molar refractivity (Wildman–Crippen MR) is 53.4 cm³/mol. The summed E-state index contributed by atoms with van der Waals surface area (Å²) in [7, 11) is 0. The molecule has 0 saturated heterocycles. The average Bonchev–Trinajstić information content (AvgIpc) is 2.19. The number of hydrogen-bond acceptors (Lipinski definition) is 2. The van der Waals surface area contributed by atoms with Gasteiger partial charge in [-0.05, 0) is 30.5 Å². The van der Waals surface area contributed by atoms with Crippen molar-refractivity contribution in [2.75, 3.05) is 0 Å². The van der Waals surface area contributed by atoms with Crippen molar-refractivity contribution in [1.29, 1.82) is 5.26 Å². The predicted octanol–water partition coefficient (Wildman–Crippen LogP) is 1.44. The van der Waals surface area contributed by atoms with E-state index in [1.807, 2.05) is 32.0 Å². The van der Waals surface area contributed by atoms with Crippen LogP contribution in [0, 0.1) is 25.2 Å². The average molecular weight is 188 g/mol. The third-order valence-corrected chi connectivity index (χ3v) is 2.13. The van der Waals surface area contributed by atoms with Gasteiger partial charge in [-0.3, -0.25) is 4.79 Å². The van der Waals surface area contributed by atoms with Crippen LogP contribution in [0.1, 0.15) is 16.7 Å². The second-order valence-electron chi connectivity index (χ2n) is 3.21. The molecule has 1 rings (SSSR count). The zero-order valence-electron chi connectivity index (χ0n) is 8.29. The molecule has 0 aromatic heterocycles. The number of carbonyl (C=O) groups is 1. The first-order chi connectivity index (χ1) is 6.63. The Morgan fingerprint density at radius 2 is 2.14 bits per heavy atom. The molecule has 0 atom stereocenters. The molecular weight excluding hydrogens is 176 g/mol. The lowest BCUT2D eigenvalue weighted by atomic mass is 10.1. The highest BCUT2D eigenvalue weighted by atomic mass is 16.1. The Morgan fingerprint density at radius 3 is 2.71 bits per heavy atom. The Hall–Kier alpha value is -1.82. The molecule has 0 radical (unpaired) electrons. The molecule has 0 aliphatic heterocycles. The number of aryl methyl sites for hydroxylation is 2. The maximum absolute atomic E-state index is 10.7. The molecule has 0 spiro atoms. The van der Waals surface area contributed by atoms with E-state index in [1.165, 1.54) is 17.2 Å². The van der Waals surface area contributed by atoms with Gasteiger partial charge >= 0.3 is 5.91 Å². The molecule has 1 amide bonds. The van der Waals surface area contributed by atoms with Gasteiger partial charge in [0, 0.05) is 6.54 Å². The summed E-state index contributed by atoms with van der Waals surface area (Å²) in [6.45, 7) is 4.46. The maximum atomic E-state index is 10.7. The number of rotatable bonds is 2. The van der Waals surface area contributed by atoms with E-state index in [9.17, 15) is 4.79 Å². The summed E-state index contributed by atoms with van der Waals surface area (Å²) in [5.41, 5.74) is 3.42. The van der Waals surface area contributed by atoms with Crippen molar-refractivity contribution in [1.82, 2.24) is 5.32 Å². The molecule has 0 heterocycles. The molecule has 0 fully saturated rings. The lowest BCUT2D eigenvalue weighted by Gasteiger charge is -2.04. The molecule has 1 aromatic carbocycles. The van der Waals surface area contributed by atoms with Crippen molar-refractivity contribution in [3.63, 3.8) is 0 Å². The third-order valence-electron chi connectivity index (χ3n) is 2.13. The molecule has 3 heteroatoms. The van der Waals surface area contributed by atoms with Crippen LogP contribution in [0.15, 0.2) is 18.2 Å². The van der Waals surface area contributed by atoms with E-state index >= 15 is 0 Å². The molecule has 0 saturated carbocycles. The van der Waals surface area contributed by atoms with Gasteiger partial charge in [0.1, 0.15) is 0 Å². The van der Waals surface area contributed by atoms with Crippen LogP contribution in [-0.4, -0.2) is 5.91 Å². The Labute approximate surface area is 83.4 Å². The van der Waals surface area contributed by atoms with Crippen molar-refractivity contribution in [3.8, 4) is 6.07 Å². The molecule has 72 valence electrons. The van der Waals surface area contributed by atoms with Gasteiger partial charge in [-0.1, -0.05) is 18.2 Å². The molecule has 0 aliphatic rings. The van der Waals surface area contributed by atoms with E-state index in [0.717, 1.165) is 5.56 Å². The van der Waals surface area contributed by atoms with Crippen molar-refractivity contribution >= 4 is 5.91 Å². The van der Waals surface area contributed by atoms with Gasteiger partial charge in [-0.15, -0.1) is 0 Å². The summed E-state index contributed by atoms with van der Waals surface area (Å²) in [5.74, 6) is -0.594. The quantitative estimate of drug-likeness (QED) is 0.714. The Kier molecular flexibility index (Phi) is 3.24. The summed E-state index contributed by atoms with van der Waals surface area (Å²) in [6, 6.07) is 7.47. The van der Waals surface area contributed by atoms with E-state index < -0.39 is 5.91 Å². The lowest BCUT2D eigenvalue weighted by Crippen LogP contribution is -2.20. The number of nitrogens with one attached hydrogen (secondary N) is 1. The summed E-state index contributed by atoms with van der Waals surface area (Å²) in [6.07, 6.45) is 0. The lowest BCUT2D eigenvalue weighted by molar-refractivity contribution is -0.116. The number of nitriles is 1. The van der Waals surface area contributed by atoms with Crippen LogP contribution in [0.3, 0.4) is 0 Å². The normalized spacial score (nSPS) is 9.21. The van der Waals surface area contributed by atoms with Crippen LogP contribution in [0.25, 0.3) is 0 Å². The van der Waals surface area contributed by atoms with Crippen molar-refractivity contribution in [3.05, 3.63) is 34.9 Å². The van der Waals surface area contributed by atoms with Gasteiger partial charge in [-0.2, -0.15) is 5.26 Å². The van der Waals surface area contributed by atoms with Gasteiger partial charge in [0.25, 0.3) is 0 Å². The third kappa shape index (κ3) is 2.60. The van der Waals surface area contributed by atoms with Gasteiger partial charge in [0.15, 0.2) is 6.07 Å². The SMILES string of the molecule is Cc1ccc(CNC(=O)C#N)cc1C. The highest BCUT2D eigenvalue weighted by molar-refractivity contribution is 5.91. The first-order valence-electron chi connectivity index (χ1n) is 4.37. The zero-order valence-corrected chi connectivity index (χ0v) is 8.29. The second kappa shape index (κ2) is 4.43. The molecule has 0 aliphatic carbocycles. The van der Waals surface area contributed by atoms with Crippen LogP contribution in [0.2, 0.25) is 0 Å². The first-order valence-corrected chi connectivity index (χ1v) is 4.37. The highest BCUT2D eigenvalue weighted by Gasteiger charge is 1.99. The number of hydrogen-bond donors (Lipinski definition) is 1. The monoisotopic (exact) mass is 188 g/mol. The van der Waals surface area contributed by atoms with Crippen LogP contribution >= 0.6 is 0 Å². The Balaban J connectivity index is 2.65. The van der Waals surface area contributed by atoms with Crippen LogP contribution < -0.4 is 5.32 Å². The van der Waals surface area contributed by atoms with Gasteiger partial charge in [-0.25, -0.2) is 0 Å². The summed E-state index contributed by atoms with van der Waals surface area (Å²) < 4.78 is 0. The van der Waals surface area contributed by atoms with Crippen LogP contribution in [0.4, 0.5) is 0 Å². The minimum atomic E-state index is -0.594. The topological polar surface area (TPSA) is 52.9 Å². The number of benzene rings is 1. The van der Waals surface area contributed by atoms with Crippen LogP contribution in [-0.2, 0) is 11.3 Å². The highest BCUT2D eigenvalue weighted by Crippen LogP contribution is 2.09. The standard InChI is InChI=1S/C11H12N2O/c1-8-3-4-10(5-9(8)2)7-13-11(14)6-12/h3-5H,7H2,1-2H3,(H,13,14). The second-order valence-corrected chi connectivity index (χ2v) is 3.21. The summed E-state index contributed by atoms with van der Waals surface area (Å²) >= 11 is 0. The molecule has 14 heavy (non-hydrogen) atoms. The number of carbonyl (C=O) groups excluding carboxylic acids is 1. The van der Waals surface area contributed by atoms with Crippen molar-refractivity contribution in [2.24, 2.45) is 0 Å². The molecular formula is C11H12N2O. The van der Waals surface area contributed by atoms with Crippen molar-refractivity contribution in [2.45, 2.75) is 20.4 Å². The van der Waals surface area contributed by atoms with E-state index in [-0.39, 0.29) is 0 Å². The fourth-order valence-corrected chi connectivity index (χ4v) is 1.14. The molecule has 1 aromatic rings. The molecule has 3 nitrogen and oxygen atoms in total. The fourth-order valence-electron chi connectivity index (χ4n) is 1.14. The number of nitrogens with zero attached hydrogens (tertiary/aromatic N) is 1. The van der Waals surface area contributed by atoms with Gasteiger partial charge in [0.05, 0.1) is 0 Å².